The molecule has 0 radical (unpaired) electrons. The molecule has 0 spiro atoms. The van der Waals surface area contributed by atoms with Crippen molar-refractivity contribution in [1.29, 1.82) is 0 Å². The molecule has 2 atom stereocenters. The molecule has 0 unspecified atom stereocenters. The van der Waals surface area contributed by atoms with Crippen molar-refractivity contribution < 1.29 is 17.9 Å². The van der Waals surface area contributed by atoms with E-state index in [-0.39, 0.29) is 5.95 Å². The van der Waals surface area contributed by atoms with E-state index in [0.29, 0.717) is 30.6 Å². The van der Waals surface area contributed by atoms with E-state index >= 15 is 0 Å². The minimum atomic E-state index is -3.98. The largest absolute Gasteiger partial charge is 0.382 e. The first kappa shape index (κ1) is 25.1. The molecule has 11 nitrogen and oxygen atoms in total. The van der Waals surface area contributed by atoms with Crippen LogP contribution in [0.3, 0.4) is 0 Å². The molecule has 0 amide bonds. The lowest BCUT2D eigenvalue weighted by molar-refractivity contribution is 0.0466. The zero-order valence-electron chi connectivity index (χ0n) is 20.4. The standard InChI is InChI=1S/C23H31N7O4S/c1-5-12-34-19(20-25-13-16(2)14-26-20)17(3)35(31,32)29-22-28-27-21(18-8-6-7-11-24-18)30(22)23(9-10-23)15-33-4/h6-8,11,13-14,17,19H,5,9-10,12,15H2,1-4H3,(H,28,29)/t17-,19+/m0/s1. The highest BCUT2D eigenvalue weighted by atomic mass is 32.2. The van der Waals surface area contributed by atoms with Crippen molar-refractivity contribution in [3.05, 3.63) is 48.2 Å². The molecule has 0 saturated heterocycles. The number of pyridine rings is 1. The van der Waals surface area contributed by atoms with Crippen LogP contribution in [0.2, 0.25) is 0 Å². The maximum Gasteiger partial charge on any atom is 0.240 e. The van der Waals surface area contributed by atoms with Gasteiger partial charge in [0, 0.05) is 32.3 Å². The first-order chi connectivity index (χ1) is 16.8. The number of aromatic nitrogens is 6. The van der Waals surface area contributed by atoms with Crippen molar-refractivity contribution in [1.82, 2.24) is 29.7 Å². The van der Waals surface area contributed by atoms with Crippen LogP contribution in [0.5, 0.6) is 0 Å². The zero-order chi connectivity index (χ0) is 25.1. The molecule has 0 aliphatic heterocycles. The zero-order valence-corrected chi connectivity index (χ0v) is 21.2. The van der Waals surface area contributed by atoms with Crippen LogP contribution in [-0.2, 0) is 25.0 Å². The number of methoxy groups -OCH3 is 1. The van der Waals surface area contributed by atoms with Gasteiger partial charge in [-0.2, -0.15) is 0 Å². The van der Waals surface area contributed by atoms with Gasteiger partial charge in [0.05, 0.1) is 12.1 Å². The van der Waals surface area contributed by atoms with Gasteiger partial charge in [0.2, 0.25) is 16.0 Å². The summed E-state index contributed by atoms with van der Waals surface area (Å²) >= 11 is 0. The Balaban J connectivity index is 1.69. The first-order valence-corrected chi connectivity index (χ1v) is 13.1. The minimum absolute atomic E-state index is 0.117. The monoisotopic (exact) mass is 501 g/mol. The highest BCUT2D eigenvalue weighted by Crippen LogP contribution is 2.47. The Labute approximate surface area is 205 Å². The Bertz CT molecular complexity index is 1230. The number of sulfonamides is 1. The first-order valence-electron chi connectivity index (χ1n) is 11.6. The van der Waals surface area contributed by atoms with Crippen molar-refractivity contribution in [2.45, 2.75) is 56.9 Å². The van der Waals surface area contributed by atoms with Crippen LogP contribution in [0.4, 0.5) is 5.95 Å². The smallest absolute Gasteiger partial charge is 0.240 e. The quantitative estimate of drug-likeness (QED) is 0.397. The van der Waals surface area contributed by atoms with Gasteiger partial charge < -0.3 is 9.47 Å². The normalized spacial score (nSPS) is 16.6. The highest BCUT2D eigenvalue weighted by Gasteiger charge is 2.49. The van der Waals surface area contributed by atoms with Crippen molar-refractivity contribution in [2.24, 2.45) is 0 Å². The van der Waals surface area contributed by atoms with Crippen molar-refractivity contribution in [2.75, 3.05) is 25.0 Å². The van der Waals surface area contributed by atoms with Crippen molar-refractivity contribution in [3.8, 4) is 11.5 Å². The molecule has 1 aliphatic rings. The number of anilines is 1. The van der Waals surface area contributed by atoms with E-state index in [0.717, 1.165) is 24.8 Å². The Hall–Kier alpha value is -2.96. The summed E-state index contributed by atoms with van der Waals surface area (Å²) in [7, 11) is -2.36. The fraction of sp³-hybridized carbons (Fsp3) is 0.522. The molecule has 3 aromatic rings. The van der Waals surface area contributed by atoms with Crippen LogP contribution in [0.25, 0.3) is 11.5 Å². The lowest BCUT2D eigenvalue weighted by atomic mass is 10.2. The number of rotatable bonds is 12. The number of hydrogen-bond acceptors (Lipinski definition) is 9. The summed E-state index contributed by atoms with van der Waals surface area (Å²) in [6.07, 6.45) is 6.44. The van der Waals surface area contributed by atoms with Gasteiger partial charge in [-0.15, -0.1) is 10.2 Å². The molecule has 12 heteroatoms. The Kier molecular flexibility index (Phi) is 7.43. The van der Waals surface area contributed by atoms with Crippen LogP contribution >= 0.6 is 0 Å². The van der Waals surface area contributed by atoms with Crippen molar-refractivity contribution >= 4 is 16.0 Å². The summed E-state index contributed by atoms with van der Waals surface area (Å²) in [4.78, 5) is 13.0. The molecule has 1 saturated carbocycles. The summed E-state index contributed by atoms with van der Waals surface area (Å²) in [5, 5.41) is 7.50. The SMILES string of the molecule is CCCO[C@@H](c1ncc(C)cn1)[C@H](C)S(=O)(=O)Nc1nnc(-c2ccccn2)n1C1(COC)CC1. The Morgan fingerprint density at radius 3 is 2.51 bits per heavy atom. The molecule has 0 bridgehead atoms. The van der Waals surface area contributed by atoms with Gasteiger partial charge in [-0.25, -0.2) is 18.4 Å². The van der Waals surface area contributed by atoms with Gasteiger partial charge in [0.1, 0.15) is 17.0 Å². The summed E-state index contributed by atoms with van der Waals surface area (Å²) in [5.74, 6) is 0.910. The van der Waals surface area contributed by atoms with Crippen LogP contribution in [-0.4, -0.2) is 63.7 Å². The molecule has 188 valence electrons. The second kappa shape index (κ2) is 10.3. The topological polar surface area (TPSA) is 134 Å². The lowest BCUT2D eigenvalue weighted by Crippen LogP contribution is -2.35. The van der Waals surface area contributed by atoms with Gasteiger partial charge in [-0.3, -0.25) is 14.3 Å². The van der Waals surface area contributed by atoms with Crippen LogP contribution < -0.4 is 4.72 Å². The summed E-state index contributed by atoms with van der Waals surface area (Å²) in [5.41, 5.74) is 1.03. The average Bonchev–Trinajstić information content (AvgIpc) is 3.51. The van der Waals surface area contributed by atoms with E-state index in [1.807, 2.05) is 26.0 Å². The molecule has 1 fully saturated rings. The van der Waals surface area contributed by atoms with Gasteiger partial charge in [-0.05, 0) is 50.8 Å². The van der Waals surface area contributed by atoms with Crippen molar-refractivity contribution in [3.63, 3.8) is 0 Å². The Morgan fingerprint density at radius 1 is 1.17 bits per heavy atom. The second-order valence-electron chi connectivity index (χ2n) is 8.82. The molecule has 1 N–H and O–H groups in total. The van der Waals surface area contributed by atoms with E-state index in [2.05, 4.69) is 29.9 Å². The maximum absolute atomic E-state index is 13.6. The third kappa shape index (κ3) is 5.34. The lowest BCUT2D eigenvalue weighted by Gasteiger charge is -2.25. The van der Waals surface area contributed by atoms with E-state index in [4.69, 9.17) is 9.47 Å². The fourth-order valence-electron chi connectivity index (χ4n) is 3.90. The number of nitrogens with zero attached hydrogens (tertiary/aromatic N) is 6. The van der Waals surface area contributed by atoms with Gasteiger partial charge in [0.25, 0.3) is 0 Å². The van der Waals surface area contributed by atoms with E-state index in [1.165, 1.54) is 0 Å². The molecular weight excluding hydrogens is 470 g/mol. The molecule has 3 aromatic heterocycles. The molecule has 0 aromatic carbocycles. The summed E-state index contributed by atoms with van der Waals surface area (Å²) in [6, 6.07) is 5.47. The number of aryl methyl sites for hydroxylation is 1. The van der Waals surface area contributed by atoms with E-state index in [1.54, 1.807) is 43.3 Å². The summed E-state index contributed by atoms with van der Waals surface area (Å²) in [6.45, 7) is 6.17. The Morgan fingerprint density at radius 2 is 1.91 bits per heavy atom. The maximum atomic E-state index is 13.6. The summed E-state index contributed by atoms with van der Waals surface area (Å²) < 4.78 is 43.0. The van der Waals surface area contributed by atoms with Gasteiger partial charge >= 0.3 is 0 Å². The van der Waals surface area contributed by atoms with E-state index < -0.39 is 26.9 Å². The molecule has 3 heterocycles. The second-order valence-corrected chi connectivity index (χ2v) is 10.9. The van der Waals surface area contributed by atoms with Gasteiger partial charge in [0.15, 0.2) is 11.6 Å². The fourth-order valence-corrected chi connectivity index (χ4v) is 5.00. The third-order valence-corrected chi connectivity index (χ3v) is 7.67. The van der Waals surface area contributed by atoms with Crippen LogP contribution in [0, 0.1) is 6.92 Å². The molecular formula is C23H31N7O4S. The number of nitrogens with one attached hydrogen (secondary N) is 1. The third-order valence-electron chi connectivity index (χ3n) is 5.98. The minimum Gasteiger partial charge on any atom is -0.382 e. The van der Waals surface area contributed by atoms with Crippen LogP contribution in [0.15, 0.2) is 36.8 Å². The average molecular weight is 502 g/mol. The molecule has 35 heavy (non-hydrogen) atoms. The highest BCUT2D eigenvalue weighted by molar-refractivity contribution is 7.93. The number of hydrogen-bond donors (Lipinski definition) is 1. The van der Waals surface area contributed by atoms with E-state index in [9.17, 15) is 8.42 Å². The number of ether oxygens (including phenoxy) is 2. The predicted molar refractivity (Wildman–Crippen MR) is 130 cm³/mol. The van der Waals surface area contributed by atoms with Gasteiger partial charge in [-0.1, -0.05) is 13.0 Å². The molecule has 4 rings (SSSR count). The van der Waals surface area contributed by atoms with Crippen LogP contribution in [0.1, 0.15) is 50.6 Å². The molecule has 1 aliphatic carbocycles. The predicted octanol–water partition coefficient (Wildman–Crippen LogP) is 2.87.